The highest BCUT2D eigenvalue weighted by Gasteiger charge is 2.37. The van der Waals surface area contributed by atoms with E-state index >= 15 is 0 Å². The standard InChI is InChI=1S/C21H22FN3O4/c1-13-5-6-14(9-18(13)22)20(27)25-11-15(8-16(12-25)21(28)29)19(26)24-10-17-4-2-3-7-23-17/h2-7,9,15-16H,8,10-12H2,1H3,(H,24,26)(H,28,29)/t15-,16+/m1/s1. The number of aromatic nitrogens is 1. The van der Waals surface area contributed by atoms with Crippen LogP contribution in [0.4, 0.5) is 4.39 Å². The summed E-state index contributed by atoms with van der Waals surface area (Å²) in [5.41, 5.74) is 1.22. The molecule has 0 unspecified atom stereocenters. The molecule has 2 atom stereocenters. The van der Waals surface area contributed by atoms with E-state index in [1.165, 1.54) is 17.0 Å². The highest BCUT2D eigenvalue weighted by atomic mass is 19.1. The fraction of sp³-hybridized carbons (Fsp3) is 0.333. The summed E-state index contributed by atoms with van der Waals surface area (Å²) >= 11 is 0. The van der Waals surface area contributed by atoms with Gasteiger partial charge < -0.3 is 15.3 Å². The number of benzene rings is 1. The molecule has 1 fully saturated rings. The summed E-state index contributed by atoms with van der Waals surface area (Å²) in [5.74, 6) is -3.94. The Morgan fingerprint density at radius 1 is 1.21 bits per heavy atom. The molecule has 1 aromatic heterocycles. The van der Waals surface area contributed by atoms with Gasteiger partial charge in [0.15, 0.2) is 0 Å². The molecule has 152 valence electrons. The molecule has 7 nitrogen and oxygen atoms in total. The van der Waals surface area contributed by atoms with Crippen LogP contribution in [0.25, 0.3) is 0 Å². The molecule has 0 spiro atoms. The number of aliphatic carboxylic acids is 1. The van der Waals surface area contributed by atoms with Gasteiger partial charge in [-0.05, 0) is 43.2 Å². The Labute approximate surface area is 167 Å². The fourth-order valence-corrected chi connectivity index (χ4v) is 3.37. The molecule has 2 N–H and O–H groups in total. The number of hydrogen-bond donors (Lipinski definition) is 2. The minimum absolute atomic E-state index is 0.0202. The average Bonchev–Trinajstić information content (AvgIpc) is 2.73. The fourth-order valence-electron chi connectivity index (χ4n) is 3.37. The van der Waals surface area contributed by atoms with E-state index in [9.17, 15) is 23.9 Å². The quantitative estimate of drug-likeness (QED) is 0.801. The minimum Gasteiger partial charge on any atom is -0.481 e. The summed E-state index contributed by atoms with van der Waals surface area (Å²) in [6.07, 6.45) is 1.75. The molecule has 1 aliphatic heterocycles. The Balaban J connectivity index is 1.72. The van der Waals surface area contributed by atoms with Gasteiger partial charge in [-0.1, -0.05) is 12.1 Å². The van der Waals surface area contributed by atoms with Crippen LogP contribution in [-0.2, 0) is 16.1 Å². The summed E-state index contributed by atoms with van der Waals surface area (Å²) in [4.78, 5) is 42.4. The van der Waals surface area contributed by atoms with Gasteiger partial charge >= 0.3 is 5.97 Å². The summed E-state index contributed by atoms with van der Waals surface area (Å²) < 4.78 is 13.8. The lowest BCUT2D eigenvalue weighted by atomic mass is 9.88. The van der Waals surface area contributed by atoms with Crippen molar-refractivity contribution in [3.05, 3.63) is 65.2 Å². The van der Waals surface area contributed by atoms with Crippen LogP contribution >= 0.6 is 0 Å². The summed E-state index contributed by atoms with van der Waals surface area (Å²) in [7, 11) is 0. The number of carbonyl (C=O) groups excluding carboxylic acids is 2. The second-order valence-electron chi connectivity index (χ2n) is 7.18. The first-order chi connectivity index (χ1) is 13.8. The van der Waals surface area contributed by atoms with Crippen LogP contribution in [0.2, 0.25) is 0 Å². The lowest BCUT2D eigenvalue weighted by Crippen LogP contribution is -2.50. The maximum atomic E-state index is 13.8. The van der Waals surface area contributed by atoms with Crippen LogP contribution in [0.5, 0.6) is 0 Å². The number of nitrogens with zero attached hydrogens (tertiary/aromatic N) is 2. The van der Waals surface area contributed by atoms with Crippen molar-refractivity contribution in [1.82, 2.24) is 15.2 Å². The second kappa shape index (κ2) is 8.81. The molecule has 0 saturated carbocycles. The summed E-state index contributed by atoms with van der Waals surface area (Å²) in [6, 6.07) is 9.47. The third-order valence-corrected chi connectivity index (χ3v) is 5.05. The number of carbonyl (C=O) groups is 3. The molecule has 1 aromatic carbocycles. The molecular formula is C21H22FN3O4. The van der Waals surface area contributed by atoms with Gasteiger partial charge in [0, 0.05) is 24.8 Å². The predicted octanol–water partition coefficient (Wildman–Crippen LogP) is 2.01. The molecule has 2 heterocycles. The Morgan fingerprint density at radius 2 is 1.97 bits per heavy atom. The van der Waals surface area contributed by atoms with Gasteiger partial charge in [-0.15, -0.1) is 0 Å². The normalized spacial score (nSPS) is 18.9. The molecule has 0 aliphatic carbocycles. The Bertz CT molecular complexity index is 919. The topological polar surface area (TPSA) is 99.6 Å². The number of nitrogens with one attached hydrogen (secondary N) is 1. The van der Waals surface area contributed by atoms with Crippen molar-refractivity contribution in [3.8, 4) is 0 Å². The van der Waals surface area contributed by atoms with Crippen molar-refractivity contribution in [2.45, 2.75) is 19.9 Å². The van der Waals surface area contributed by atoms with Crippen LogP contribution in [0.3, 0.4) is 0 Å². The van der Waals surface area contributed by atoms with E-state index in [1.54, 1.807) is 31.3 Å². The van der Waals surface area contributed by atoms with Crippen LogP contribution in [0.15, 0.2) is 42.6 Å². The summed E-state index contributed by atoms with van der Waals surface area (Å²) in [5, 5.41) is 12.2. The molecule has 29 heavy (non-hydrogen) atoms. The predicted molar refractivity (Wildman–Crippen MR) is 102 cm³/mol. The van der Waals surface area contributed by atoms with E-state index in [-0.39, 0.29) is 37.5 Å². The molecular weight excluding hydrogens is 377 g/mol. The van der Waals surface area contributed by atoms with Crippen LogP contribution in [-0.4, -0.2) is 45.9 Å². The first-order valence-corrected chi connectivity index (χ1v) is 9.31. The highest BCUT2D eigenvalue weighted by Crippen LogP contribution is 2.24. The Kier molecular flexibility index (Phi) is 6.21. The van der Waals surface area contributed by atoms with Crippen LogP contribution in [0, 0.1) is 24.6 Å². The largest absolute Gasteiger partial charge is 0.481 e. The lowest BCUT2D eigenvalue weighted by molar-refractivity contribution is -0.144. The average molecular weight is 399 g/mol. The lowest BCUT2D eigenvalue weighted by Gasteiger charge is -2.35. The maximum absolute atomic E-state index is 13.8. The molecule has 8 heteroatoms. The van der Waals surface area contributed by atoms with Crippen molar-refractivity contribution in [3.63, 3.8) is 0 Å². The van der Waals surface area contributed by atoms with Gasteiger partial charge in [-0.3, -0.25) is 19.4 Å². The van der Waals surface area contributed by atoms with Gasteiger partial charge in [0.1, 0.15) is 5.82 Å². The first kappa shape index (κ1) is 20.4. The van der Waals surface area contributed by atoms with E-state index in [0.29, 0.717) is 11.3 Å². The van der Waals surface area contributed by atoms with Crippen molar-refractivity contribution in [1.29, 1.82) is 0 Å². The molecule has 2 aromatic rings. The third-order valence-electron chi connectivity index (χ3n) is 5.05. The Morgan fingerprint density at radius 3 is 2.62 bits per heavy atom. The number of aryl methyl sites for hydroxylation is 1. The number of likely N-dealkylation sites (tertiary alicyclic amines) is 1. The van der Waals surface area contributed by atoms with E-state index in [0.717, 1.165) is 6.07 Å². The number of pyridine rings is 1. The number of carboxylic acid groups (broad SMARTS) is 1. The molecule has 1 saturated heterocycles. The number of hydrogen-bond acceptors (Lipinski definition) is 4. The van der Waals surface area contributed by atoms with E-state index < -0.39 is 29.5 Å². The molecule has 0 bridgehead atoms. The van der Waals surface area contributed by atoms with E-state index in [4.69, 9.17) is 0 Å². The zero-order valence-electron chi connectivity index (χ0n) is 16.0. The van der Waals surface area contributed by atoms with E-state index in [1.807, 2.05) is 0 Å². The van der Waals surface area contributed by atoms with Gasteiger partial charge in [-0.25, -0.2) is 4.39 Å². The van der Waals surface area contributed by atoms with Crippen molar-refractivity contribution >= 4 is 17.8 Å². The van der Waals surface area contributed by atoms with Crippen LogP contribution < -0.4 is 5.32 Å². The molecule has 3 rings (SSSR count). The smallest absolute Gasteiger partial charge is 0.308 e. The number of carboxylic acids is 1. The molecule has 0 radical (unpaired) electrons. The monoisotopic (exact) mass is 399 g/mol. The SMILES string of the molecule is Cc1ccc(C(=O)N2C[C@@H](C(=O)O)C[C@@H](C(=O)NCc3ccccn3)C2)cc1F. The van der Waals surface area contributed by atoms with Gasteiger partial charge in [0.2, 0.25) is 5.91 Å². The number of rotatable bonds is 5. The Hall–Kier alpha value is -3.29. The number of halogens is 1. The first-order valence-electron chi connectivity index (χ1n) is 9.31. The zero-order chi connectivity index (χ0) is 21.0. The minimum atomic E-state index is -1.07. The van der Waals surface area contributed by atoms with Crippen LogP contribution in [0.1, 0.15) is 28.0 Å². The molecule has 2 amide bonds. The highest BCUT2D eigenvalue weighted by molar-refractivity contribution is 5.95. The summed E-state index contributed by atoms with van der Waals surface area (Å²) in [6.45, 7) is 1.86. The van der Waals surface area contributed by atoms with Gasteiger partial charge in [0.05, 0.1) is 24.1 Å². The number of amides is 2. The zero-order valence-corrected chi connectivity index (χ0v) is 16.0. The number of piperidine rings is 1. The second-order valence-corrected chi connectivity index (χ2v) is 7.18. The molecule has 1 aliphatic rings. The third kappa shape index (κ3) is 4.96. The maximum Gasteiger partial charge on any atom is 0.308 e. The van der Waals surface area contributed by atoms with E-state index in [2.05, 4.69) is 10.3 Å². The van der Waals surface area contributed by atoms with Crippen molar-refractivity contribution in [2.24, 2.45) is 11.8 Å². The van der Waals surface area contributed by atoms with Gasteiger partial charge in [-0.2, -0.15) is 0 Å². The van der Waals surface area contributed by atoms with Crippen molar-refractivity contribution in [2.75, 3.05) is 13.1 Å². The van der Waals surface area contributed by atoms with Crippen molar-refractivity contribution < 1.29 is 23.9 Å². The van der Waals surface area contributed by atoms with Gasteiger partial charge in [0.25, 0.3) is 5.91 Å².